The monoisotopic (exact) mass is 492 g/mol. The van der Waals surface area contributed by atoms with Crippen LogP contribution >= 0.6 is 0 Å². The van der Waals surface area contributed by atoms with Crippen molar-refractivity contribution in [3.8, 4) is 0 Å². The minimum absolute atomic E-state index is 0.0463. The molecular formula is C30H32N6O. The standard InChI is InChI=1S/C30H32N6O/c1-3-27(29-32-33-34-36(29)20-24-14-8-5-9-15-24)35(18-17-23-12-6-4-7-13-23)21-26-19-25-16-10-11-22(2)28(25)31-30(26)37/h4-16,19,27H,3,17-18,20-21H2,1-2H3,(H,31,37)/t27-/m1/s1. The second-order valence-electron chi connectivity index (χ2n) is 9.47. The number of hydrogen-bond acceptors (Lipinski definition) is 5. The van der Waals surface area contributed by atoms with Crippen molar-refractivity contribution in [2.24, 2.45) is 0 Å². The lowest BCUT2D eigenvalue weighted by molar-refractivity contribution is 0.172. The average Bonchev–Trinajstić information content (AvgIpc) is 3.37. The van der Waals surface area contributed by atoms with Crippen molar-refractivity contribution in [1.29, 1.82) is 0 Å². The summed E-state index contributed by atoms with van der Waals surface area (Å²) >= 11 is 0. The Morgan fingerprint density at radius 1 is 0.946 bits per heavy atom. The van der Waals surface area contributed by atoms with Crippen molar-refractivity contribution in [2.45, 2.75) is 45.8 Å². The van der Waals surface area contributed by atoms with Crippen molar-refractivity contribution in [3.05, 3.63) is 123 Å². The topological polar surface area (TPSA) is 79.7 Å². The number of aryl methyl sites for hydroxylation is 1. The van der Waals surface area contributed by atoms with Crippen molar-refractivity contribution < 1.29 is 0 Å². The van der Waals surface area contributed by atoms with Crippen LogP contribution in [0.25, 0.3) is 10.9 Å². The zero-order chi connectivity index (χ0) is 25.6. The zero-order valence-corrected chi connectivity index (χ0v) is 21.3. The van der Waals surface area contributed by atoms with Gasteiger partial charge >= 0.3 is 0 Å². The minimum Gasteiger partial charge on any atom is -0.321 e. The summed E-state index contributed by atoms with van der Waals surface area (Å²) in [5.74, 6) is 0.812. The lowest BCUT2D eigenvalue weighted by Gasteiger charge is -2.30. The molecule has 0 spiro atoms. The van der Waals surface area contributed by atoms with Crippen LogP contribution in [0.4, 0.5) is 0 Å². The van der Waals surface area contributed by atoms with E-state index in [0.29, 0.717) is 13.1 Å². The highest BCUT2D eigenvalue weighted by molar-refractivity contribution is 5.81. The maximum Gasteiger partial charge on any atom is 0.252 e. The number of benzene rings is 3. The van der Waals surface area contributed by atoms with Crippen molar-refractivity contribution in [1.82, 2.24) is 30.1 Å². The van der Waals surface area contributed by atoms with Crippen LogP contribution in [0.5, 0.6) is 0 Å². The number of hydrogen-bond donors (Lipinski definition) is 1. The molecule has 188 valence electrons. The molecule has 2 aromatic heterocycles. The smallest absolute Gasteiger partial charge is 0.252 e. The molecule has 7 heteroatoms. The van der Waals surface area contributed by atoms with Gasteiger partial charge in [0.1, 0.15) is 0 Å². The lowest BCUT2D eigenvalue weighted by atomic mass is 10.1. The Balaban J connectivity index is 1.48. The zero-order valence-electron chi connectivity index (χ0n) is 21.3. The summed E-state index contributed by atoms with van der Waals surface area (Å²) in [5, 5.41) is 13.8. The van der Waals surface area contributed by atoms with Gasteiger partial charge in [-0.05, 0) is 58.3 Å². The van der Waals surface area contributed by atoms with Gasteiger partial charge in [0.25, 0.3) is 5.56 Å². The number of aromatic amines is 1. The molecule has 0 saturated carbocycles. The predicted octanol–water partition coefficient (Wildman–Crippen LogP) is 5.07. The van der Waals surface area contributed by atoms with Gasteiger partial charge in [-0.1, -0.05) is 85.8 Å². The van der Waals surface area contributed by atoms with Crippen molar-refractivity contribution in [3.63, 3.8) is 0 Å². The number of pyridine rings is 1. The van der Waals surface area contributed by atoms with Gasteiger partial charge in [0, 0.05) is 18.7 Å². The van der Waals surface area contributed by atoms with Gasteiger partial charge in [-0.2, -0.15) is 0 Å². The summed E-state index contributed by atoms with van der Waals surface area (Å²) in [6.07, 6.45) is 1.68. The van der Waals surface area contributed by atoms with Crippen molar-refractivity contribution in [2.75, 3.05) is 6.54 Å². The van der Waals surface area contributed by atoms with E-state index in [1.54, 1.807) is 0 Å². The molecule has 0 bridgehead atoms. The minimum atomic E-state index is -0.0507. The van der Waals surface area contributed by atoms with Gasteiger partial charge in [0.05, 0.1) is 18.1 Å². The van der Waals surface area contributed by atoms with Gasteiger partial charge < -0.3 is 4.98 Å². The molecule has 0 aliphatic rings. The fourth-order valence-electron chi connectivity index (χ4n) is 4.95. The van der Waals surface area contributed by atoms with Crippen LogP contribution in [0.2, 0.25) is 0 Å². The second kappa shape index (κ2) is 11.3. The fourth-order valence-corrected chi connectivity index (χ4v) is 4.95. The first kappa shape index (κ1) is 24.6. The SMILES string of the molecule is CC[C@H](c1nnnn1Cc1ccccc1)N(CCc1ccccc1)Cc1cc2cccc(C)c2[nH]c1=O. The van der Waals surface area contributed by atoms with Crippen LogP contribution < -0.4 is 5.56 Å². The van der Waals surface area contributed by atoms with E-state index in [0.717, 1.165) is 52.8 Å². The number of para-hydroxylation sites is 1. The van der Waals surface area contributed by atoms with E-state index in [2.05, 4.69) is 68.7 Å². The van der Waals surface area contributed by atoms with Crippen LogP contribution in [-0.2, 0) is 19.5 Å². The highest BCUT2D eigenvalue weighted by Crippen LogP contribution is 2.25. The lowest BCUT2D eigenvalue weighted by Crippen LogP contribution is -2.34. The number of aromatic nitrogens is 5. The first-order chi connectivity index (χ1) is 18.1. The van der Waals surface area contributed by atoms with E-state index in [4.69, 9.17) is 0 Å². The van der Waals surface area contributed by atoms with Crippen LogP contribution in [0, 0.1) is 6.92 Å². The maximum atomic E-state index is 13.2. The summed E-state index contributed by atoms with van der Waals surface area (Å²) in [6.45, 7) is 6.04. The molecule has 2 heterocycles. The van der Waals surface area contributed by atoms with Gasteiger partial charge in [0.2, 0.25) is 0 Å². The number of tetrazole rings is 1. The molecule has 0 aliphatic heterocycles. The molecule has 0 aliphatic carbocycles. The molecular weight excluding hydrogens is 460 g/mol. The highest BCUT2D eigenvalue weighted by Gasteiger charge is 2.26. The Morgan fingerprint density at radius 3 is 2.41 bits per heavy atom. The summed E-state index contributed by atoms with van der Waals surface area (Å²) in [4.78, 5) is 18.6. The highest BCUT2D eigenvalue weighted by atomic mass is 16.1. The number of fused-ring (bicyclic) bond motifs is 1. The second-order valence-corrected chi connectivity index (χ2v) is 9.47. The molecule has 0 saturated heterocycles. The molecule has 5 rings (SSSR count). The van der Waals surface area contributed by atoms with Gasteiger partial charge in [-0.3, -0.25) is 9.69 Å². The molecule has 0 unspecified atom stereocenters. The van der Waals surface area contributed by atoms with E-state index < -0.39 is 0 Å². The number of nitrogens with one attached hydrogen (secondary N) is 1. The van der Waals surface area contributed by atoms with E-state index >= 15 is 0 Å². The van der Waals surface area contributed by atoms with Gasteiger partial charge in [-0.25, -0.2) is 4.68 Å². The number of rotatable bonds is 10. The average molecular weight is 493 g/mol. The summed E-state index contributed by atoms with van der Waals surface area (Å²) in [7, 11) is 0. The molecule has 1 N–H and O–H groups in total. The molecule has 0 fully saturated rings. The van der Waals surface area contributed by atoms with Gasteiger partial charge in [-0.15, -0.1) is 5.10 Å². The third-order valence-corrected chi connectivity index (χ3v) is 6.93. The number of H-pyrrole nitrogens is 1. The predicted molar refractivity (Wildman–Crippen MR) is 146 cm³/mol. The Bertz CT molecular complexity index is 1510. The van der Waals surface area contributed by atoms with E-state index in [-0.39, 0.29) is 11.6 Å². The Hall–Kier alpha value is -4.10. The summed E-state index contributed by atoms with van der Waals surface area (Å²) in [5.41, 5.74) is 5.05. The van der Waals surface area contributed by atoms with Crippen LogP contribution in [-0.4, -0.2) is 36.6 Å². The number of nitrogens with zero attached hydrogens (tertiary/aromatic N) is 5. The molecule has 5 aromatic rings. The quantitative estimate of drug-likeness (QED) is 0.295. The first-order valence-corrected chi connectivity index (χ1v) is 12.8. The van der Waals surface area contributed by atoms with E-state index in [1.807, 2.05) is 60.1 Å². The largest absolute Gasteiger partial charge is 0.321 e. The first-order valence-electron chi connectivity index (χ1n) is 12.8. The molecule has 7 nitrogen and oxygen atoms in total. The van der Waals surface area contributed by atoms with Crippen LogP contribution in [0.1, 0.15) is 47.5 Å². The molecule has 37 heavy (non-hydrogen) atoms. The maximum absolute atomic E-state index is 13.2. The molecule has 0 radical (unpaired) electrons. The van der Waals surface area contributed by atoms with Crippen LogP contribution in [0.15, 0.2) is 89.7 Å². The normalized spacial score (nSPS) is 12.3. The third kappa shape index (κ3) is 5.67. The Labute approximate surface area is 216 Å². The van der Waals surface area contributed by atoms with Crippen LogP contribution in [0.3, 0.4) is 0 Å². The molecule has 3 aromatic carbocycles. The van der Waals surface area contributed by atoms with Crippen molar-refractivity contribution >= 4 is 10.9 Å². The van der Waals surface area contributed by atoms with Gasteiger partial charge in [0.15, 0.2) is 5.82 Å². The summed E-state index contributed by atoms with van der Waals surface area (Å²) in [6, 6.07) is 28.7. The molecule has 0 amide bonds. The molecule has 1 atom stereocenters. The Morgan fingerprint density at radius 2 is 1.68 bits per heavy atom. The van der Waals surface area contributed by atoms with E-state index in [9.17, 15) is 4.79 Å². The fraction of sp³-hybridized carbons (Fsp3) is 0.267. The Kier molecular flexibility index (Phi) is 7.51. The third-order valence-electron chi connectivity index (χ3n) is 6.93. The van der Waals surface area contributed by atoms with E-state index in [1.165, 1.54) is 5.56 Å². The summed E-state index contributed by atoms with van der Waals surface area (Å²) < 4.78 is 1.88.